The minimum Gasteiger partial charge on any atom is -0.352 e. The number of sulfonamides is 1. The molecule has 1 N–H and O–H groups in total. The molecule has 0 spiro atoms. The van der Waals surface area contributed by atoms with Crippen molar-refractivity contribution in [3.8, 4) is 0 Å². The second kappa shape index (κ2) is 12.5. The molecule has 0 bridgehead atoms. The highest BCUT2D eigenvalue weighted by Crippen LogP contribution is 2.27. The van der Waals surface area contributed by atoms with Crippen molar-refractivity contribution in [2.45, 2.75) is 58.1 Å². The summed E-state index contributed by atoms with van der Waals surface area (Å²) in [7, 11) is -4.10. The average Bonchev–Trinajstić information content (AvgIpc) is 2.86. The molecule has 1 atom stereocenters. The number of nitrogens with zero attached hydrogens (tertiary/aromatic N) is 2. The zero-order valence-corrected chi connectivity index (χ0v) is 23.9. The fourth-order valence-electron chi connectivity index (χ4n) is 3.97. The smallest absolute Gasteiger partial charge is 0.264 e. The van der Waals surface area contributed by atoms with Gasteiger partial charge in [0, 0.05) is 17.6 Å². The van der Waals surface area contributed by atoms with Gasteiger partial charge in [-0.05, 0) is 76.1 Å². The van der Waals surface area contributed by atoms with Crippen LogP contribution in [0.3, 0.4) is 0 Å². The van der Waals surface area contributed by atoms with Gasteiger partial charge in [0.05, 0.1) is 10.6 Å². The summed E-state index contributed by atoms with van der Waals surface area (Å²) in [5.41, 5.74) is 2.77. The summed E-state index contributed by atoms with van der Waals surface area (Å²) in [4.78, 5) is 28.3. The fourth-order valence-corrected chi connectivity index (χ4v) is 5.57. The number of amides is 2. The predicted molar refractivity (Wildman–Crippen MR) is 152 cm³/mol. The van der Waals surface area contributed by atoms with E-state index in [0.717, 1.165) is 15.4 Å². The van der Waals surface area contributed by atoms with Crippen LogP contribution in [-0.2, 0) is 26.2 Å². The molecule has 9 heteroatoms. The zero-order chi connectivity index (χ0) is 28.0. The number of halogens is 1. The summed E-state index contributed by atoms with van der Waals surface area (Å²) in [6.45, 7) is 8.61. The number of nitrogens with one attached hydrogen (secondary N) is 1. The summed E-state index contributed by atoms with van der Waals surface area (Å²) < 4.78 is 28.8. The van der Waals surface area contributed by atoms with E-state index in [9.17, 15) is 18.0 Å². The molecule has 0 saturated carbocycles. The van der Waals surface area contributed by atoms with Gasteiger partial charge in [-0.3, -0.25) is 13.9 Å². The Kier molecular flexibility index (Phi) is 9.57. The third kappa shape index (κ3) is 7.14. The van der Waals surface area contributed by atoms with E-state index < -0.39 is 28.5 Å². The molecule has 0 radical (unpaired) electrons. The van der Waals surface area contributed by atoms with Crippen molar-refractivity contribution >= 4 is 39.1 Å². The van der Waals surface area contributed by atoms with E-state index in [-0.39, 0.29) is 23.4 Å². The Bertz CT molecular complexity index is 1370. The fraction of sp³-hybridized carbons (Fsp3) is 0.310. The molecule has 38 heavy (non-hydrogen) atoms. The molecule has 0 fully saturated rings. The van der Waals surface area contributed by atoms with Crippen molar-refractivity contribution in [3.63, 3.8) is 0 Å². The van der Waals surface area contributed by atoms with Gasteiger partial charge in [0.1, 0.15) is 12.6 Å². The Morgan fingerprint density at radius 3 is 2.08 bits per heavy atom. The maximum absolute atomic E-state index is 13.9. The van der Waals surface area contributed by atoms with E-state index in [0.29, 0.717) is 16.3 Å². The van der Waals surface area contributed by atoms with Crippen LogP contribution < -0.4 is 9.62 Å². The predicted octanol–water partition coefficient (Wildman–Crippen LogP) is 5.09. The number of hydrogen-bond donors (Lipinski definition) is 1. The van der Waals surface area contributed by atoms with Crippen LogP contribution in [0.25, 0.3) is 0 Å². The Hall–Kier alpha value is -3.36. The quantitative estimate of drug-likeness (QED) is 0.377. The maximum Gasteiger partial charge on any atom is 0.264 e. The first kappa shape index (κ1) is 29.2. The van der Waals surface area contributed by atoms with Gasteiger partial charge in [-0.25, -0.2) is 8.42 Å². The average molecular weight is 556 g/mol. The second-order valence-corrected chi connectivity index (χ2v) is 11.9. The molecule has 7 nitrogen and oxygen atoms in total. The van der Waals surface area contributed by atoms with Crippen LogP contribution in [0.4, 0.5) is 5.69 Å². The van der Waals surface area contributed by atoms with E-state index in [2.05, 4.69) is 5.32 Å². The topological polar surface area (TPSA) is 86.8 Å². The molecule has 3 aromatic rings. The number of anilines is 1. The molecule has 0 aromatic heterocycles. The highest BCUT2D eigenvalue weighted by atomic mass is 35.5. The molecule has 2 amide bonds. The maximum atomic E-state index is 13.9. The monoisotopic (exact) mass is 555 g/mol. The lowest BCUT2D eigenvalue weighted by molar-refractivity contribution is -0.139. The molecule has 1 unspecified atom stereocenters. The number of benzene rings is 3. The van der Waals surface area contributed by atoms with Gasteiger partial charge < -0.3 is 10.2 Å². The van der Waals surface area contributed by atoms with Gasteiger partial charge in [0.15, 0.2) is 0 Å². The number of rotatable bonds is 10. The van der Waals surface area contributed by atoms with Crippen LogP contribution in [0.2, 0.25) is 5.02 Å². The molecule has 202 valence electrons. The highest BCUT2D eigenvalue weighted by Gasteiger charge is 2.33. The van der Waals surface area contributed by atoms with E-state index in [1.807, 2.05) is 26.8 Å². The SMILES string of the molecule is Cc1ccc(S(=O)(=O)N(CC(=O)N(Cc2ccc(Cl)cc2)C(C)C(=O)NC(C)C)c2ccccc2C)cc1. The van der Waals surface area contributed by atoms with Crippen LogP contribution >= 0.6 is 11.6 Å². The Balaban J connectivity index is 2.04. The van der Waals surface area contributed by atoms with Gasteiger partial charge in [-0.1, -0.05) is 59.6 Å². The number of carbonyl (C=O) groups is 2. The van der Waals surface area contributed by atoms with Gasteiger partial charge in [-0.15, -0.1) is 0 Å². The van der Waals surface area contributed by atoms with Crippen molar-refractivity contribution in [2.24, 2.45) is 0 Å². The normalized spacial score (nSPS) is 12.2. The Labute approximate surface area is 230 Å². The largest absolute Gasteiger partial charge is 0.352 e. The highest BCUT2D eigenvalue weighted by molar-refractivity contribution is 7.92. The lowest BCUT2D eigenvalue weighted by atomic mass is 10.1. The van der Waals surface area contributed by atoms with Crippen LogP contribution in [0.5, 0.6) is 0 Å². The molecular weight excluding hydrogens is 522 g/mol. The Morgan fingerprint density at radius 1 is 0.895 bits per heavy atom. The first-order valence-electron chi connectivity index (χ1n) is 12.4. The van der Waals surface area contributed by atoms with Crippen LogP contribution in [-0.4, -0.2) is 43.8 Å². The molecule has 0 aliphatic heterocycles. The van der Waals surface area contributed by atoms with Crippen LogP contribution in [0, 0.1) is 13.8 Å². The number of aryl methyl sites for hydroxylation is 2. The van der Waals surface area contributed by atoms with Gasteiger partial charge >= 0.3 is 0 Å². The minimum absolute atomic E-state index is 0.0778. The van der Waals surface area contributed by atoms with Crippen molar-refractivity contribution in [1.82, 2.24) is 10.2 Å². The van der Waals surface area contributed by atoms with Crippen molar-refractivity contribution in [3.05, 3.63) is 94.5 Å². The van der Waals surface area contributed by atoms with Gasteiger partial charge in [0.2, 0.25) is 11.8 Å². The molecule has 0 saturated heterocycles. The first-order valence-corrected chi connectivity index (χ1v) is 14.2. The second-order valence-electron chi connectivity index (χ2n) is 9.60. The molecule has 0 heterocycles. The van der Waals surface area contributed by atoms with E-state index >= 15 is 0 Å². The van der Waals surface area contributed by atoms with Gasteiger partial charge in [0.25, 0.3) is 10.0 Å². The third-order valence-corrected chi connectivity index (χ3v) is 8.16. The van der Waals surface area contributed by atoms with E-state index in [1.165, 1.54) is 17.0 Å². The lowest BCUT2D eigenvalue weighted by Gasteiger charge is -2.32. The molecular formula is C29H34ClN3O4S. The standard InChI is InChI=1S/C29H34ClN3O4S/c1-20(2)31-29(35)23(5)32(18-24-12-14-25(30)15-13-24)28(34)19-33(27-9-7-6-8-22(27)4)38(36,37)26-16-10-21(3)11-17-26/h6-17,20,23H,18-19H2,1-5H3,(H,31,35). The van der Waals surface area contributed by atoms with Crippen molar-refractivity contribution in [1.29, 1.82) is 0 Å². The summed E-state index contributed by atoms with van der Waals surface area (Å²) in [6, 6.07) is 19.5. The lowest BCUT2D eigenvalue weighted by Crippen LogP contribution is -2.52. The number of carbonyl (C=O) groups excluding carboxylic acids is 2. The summed E-state index contributed by atoms with van der Waals surface area (Å²) in [5, 5.41) is 3.39. The molecule has 3 aromatic carbocycles. The van der Waals surface area contributed by atoms with Crippen LogP contribution in [0.1, 0.15) is 37.5 Å². The zero-order valence-electron chi connectivity index (χ0n) is 22.3. The van der Waals surface area contributed by atoms with E-state index in [1.54, 1.807) is 68.4 Å². The molecule has 0 aliphatic carbocycles. The Morgan fingerprint density at radius 2 is 1.50 bits per heavy atom. The summed E-state index contributed by atoms with van der Waals surface area (Å²) in [5.74, 6) is -0.837. The minimum atomic E-state index is -4.10. The first-order chi connectivity index (χ1) is 17.9. The van der Waals surface area contributed by atoms with Crippen molar-refractivity contribution in [2.75, 3.05) is 10.8 Å². The summed E-state index contributed by atoms with van der Waals surface area (Å²) >= 11 is 6.03. The van der Waals surface area contributed by atoms with Gasteiger partial charge in [-0.2, -0.15) is 0 Å². The van der Waals surface area contributed by atoms with Crippen molar-refractivity contribution < 1.29 is 18.0 Å². The number of hydrogen-bond acceptors (Lipinski definition) is 4. The number of para-hydroxylation sites is 1. The van der Waals surface area contributed by atoms with E-state index in [4.69, 9.17) is 11.6 Å². The molecule has 0 aliphatic rings. The van der Waals surface area contributed by atoms with Crippen LogP contribution in [0.15, 0.2) is 77.7 Å². The molecule has 3 rings (SSSR count). The third-order valence-electron chi connectivity index (χ3n) is 6.14. The summed E-state index contributed by atoms with van der Waals surface area (Å²) in [6.07, 6.45) is 0.